The maximum Gasteiger partial charge on any atom is 0.344 e. The lowest BCUT2D eigenvalue weighted by Gasteiger charge is -2.03. The summed E-state index contributed by atoms with van der Waals surface area (Å²) in [7, 11) is 0. The summed E-state index contributed by atoms with van der Waals surface area (Å²) < 4.78 is 9.06. The predicted molar refractivity (Wildman–Crippen MR) is 88.3 cm³/mol. The number of carbonyl (C=O) groups excluding carboxylic acids is 2. The Kier molecular flexibility index (Phi) is 9.65. The monoisotopic (exact) mass is 367 g/mol. The van der Waals surface area contributed by atoms with Crippen LogP contribution in [0.3, 0.4) is 0 Å². The third-order valence-corrected chi connectivity index (χ3v) is 3.42. The van der Waals surface area contributed by atoms with E-state index < -0.39 is 11.9 Å². The summed E-state index contributed by atoms with van der Waals surface area (Å²) in [6, 6.07) is 3.21. The van der Waals surface area contributed by atoms with Crippen LogP contribution < -0.4 is 5.73 Å². The topological polar surface area (TPSA) is 78.6 Å². The number of halogens is 3. The van der Waals surface area contributed by atoms with Gasteiger partial charge in [-0.2, -0.15) is 0 Å². The molecule has 0 aliphatic heterocycles. The molecular weight excluding hydrogens is 353 g/mol. The first-order chi connectivity index (χ1) is 10.3. The molecule has 0 unspecified atom stereocenters. The van der Waals surface area contributed by atoms with Crippen LogP contribution in [0, 0.1) is 0 Å². The number of hydrogen-bond donors (Lipinski definition) is 1. The zero-order valence-electron chi connectivity index (χ0n) is 12.1. The Hall–Kier alpha value is -1.43. The van der Waals surface area contributed by atoms with Crippen molar-refractivity contribution in [3.63, 3.8) is 0 Å². The molecule has 0 amide bonds. The van der Waals surface area contributed by atoms with Crippen molar-refractivity contribution in [2.45, 2.75) is 13.8 Å². The molecule has 1 aromatic carbocycles. The van der Waals surface area contributed by atoms with Gasteiger partial charge >= 0.3 is 11.9 Å². The average Bonchev–Trinajstić information content (AvgIpc) is 2.49. The van der Waals surface area contributed by atoms with Crippen molar-refractivity contribution in [2.24, 2.45) is 0 Å². The molecule has 0 saturated heterocycles. The van der Waals surface area contributed by atoms with Gasteiger partial charge in [0.25, 0.3) is 0 Å². The van der Waals surface area contributed by atoms with Crippen LogP contribution >= 0.6 is 34.8 Å². The highest BCUT2D eigenvalue weighted by molar-refractivity contribution is 6.49. The lowest BCUT2D eigenvalue weighted by molar-refractivity contribution is -0.146. The Balaban J connectivity index is 0.000000406. The highest BCUT2D eigenvalue weighted by Gasteiger charge is 2.17. The van der Waals surface area contributed by atoms with Crippen LogP contribution in [-0.4, -0.2) is 25.2 Å². The summed E-state index contributed by atoms with van der Waals surface area (Å²) in [4.78, 5) is 21.7. The van der Waals surface area contributed by atoms with Gasteiger partial charge in [-0.05, 0) is 26.0 Å². The molecule has 22 heavy (non-hydrogen) atoms. The van der Waals surface area contributed by atoms with Gasteiger partial charge < -0.3 is 15.2 Å². The van der Waals surface area contributed by atoms with Crippen LogP contribution in [0.25, 0.3) is 0 Å². The number of rotatable bonds is 4. The molecule has 5 nitrogen and oxygen atoms in total. The molecule has 0 fully saturated rings. The summed E-state index contributed by atoms with van der Waals surface area (Å²) in [6.45, 7) is 6.98. The third-order valence-electron chi connectivity index (χ3n) is 2.11. The molecule has 0 atom stereocenters. The quantitative estimate of drug-likeness (QED) is 0.218. The molecule has 0 aliphatic carbocycles. The second-order valence-electron chi connectivity index (χ2n) is 3.68. The van der Waals surface area contributed by atoms with E-state index >= 15 is 0 Å². The molecule has 0 heterocycles. The molecule has 122 valence electrons. The summed E-state index contributed by atoms with van der Waals surface area (Å²) in [5, 5.41) is 1.04. The summed E-state index contributed by atoms with van der Waals surface area (Å²) in [6.07, 6.45) is 0. The number of nitrogen functional groups attached to an aromatic ring is 1. The van der Waals surface area contributed by atoms with Gasteiger partial charge in [0, 0.05) is 0 Å². The van der Waals surface area contributed by atoms with E-state index in [0.717, 1.165) is 0 Å². The maximum absolute atomic E-state index is 10.8. The number of esters is 2. The molecule has 0 saturated carbocycles. The van der Waals surface area contributed by atoms with Gasteiger partial charge in [0.2, 0.25) is 0 Å². The van der Waals surface area contributed by atoms with Gasteiger partial charge in [-0.3, -0.25) is 0 Å². The lowest BCUT2D eigenvalue weighted by atomic mass is 10.3. The van der Waals surface area contributed by atoms with Gasteiger partial charge in [-0.25, -0.2) is 9.59 Å². The summed E-state index contributed by atoms with van der Waals surface area (Å²) in [5.41, 5.74) is 5.59. The first kappa shape index (κ1) is 20.6. The van der Waals surface area contributed by atoms with Crippen molar-refractivity contribution in [1.82, 2.24) is 0 Å². The summed E-state index contributed by atoms with van der Waals surface area (Å²) >= 11 is 16.9. The molecule has 8 heteroatoms. The Morgan fingerprint density at radius 1 is 1.05 bits per heavy atom. The molecule has 1 aromatic rings. The normalized spacial score (nSPS) is 9.32. The van der Waals surface area contributed by atoms with Crippen LogP contribution in [-0.2, 0) is 19.1 Å². The Bertz CT molecular complexity index is 514. The lowest BCUT2D eigenvalue weighted by Crippen LogP contribution is -2.17. The maximum atomic E-state index is 10.8. The van der Waals surface area contributed by atoms with E-state index in [1.165, 1.54) is 0 Å². The number of benzene rings is 1. The Labute approximate surface area is 143 Å². The van der Waals surface area contributed by atoms with Crippen LogP contribution in [0.1, 0.15) is 13.8 Å². The van der Waals surface area contributed by atoms with E-state index in [4.69, 9.17) is 40.5 Å². The van der Waals surface area contributed by atoms with Crippen LogP contribution in [0.4, 0.5) is 5.69 Å². The SMILES string of the molecule is C=C(C(=O)OCC)C(=O)OCC.Nc1ccc(Cl)c(Cl)c1Cl. The first-order valence-corrected chi connectivity index (χ1v) is 7.31. The van der Waals surface area contributed by atoms with Gasteiger partial charge in [-0.15, -0.1) is 0 Å². The van der Waals surface area contributed by atoms with Gasteiger partial charge in [0.05, 0.1) is 34.0 Å². The molecule has 0 aromatic heterocycles. The Morgan fingerprint density at radius 2 is 1.50 bits per heavy atom. The Morgan fingerprint density at radius 3 is 1.86 bits per heavy atom. The zero-order valence-corrected chi connectivity index (χ0v) is 14.4. The smallest absolute Gasteiger partial charge is 0.344 e. The third kappa shape index (κ3) is 6.56. The minimum atomic E-state index is -0.726. The van der Waals surface area contributed by atoms with E-state index in [1.807, 2.05) is 0 Å². The fourth-order valence-electron chi connectivity index (χ4n) is 1.06. The fourth-order valence-corrected chi connectivity index (χ4v) is 1.60. The number of carbonyl (C=O) groups is 2. The van der Waals surface area contributed by atoms with Crippen molar-refractivity contribution in [1.29, 1.82) is 0 Å². The van der Waals surface area contributed by atoms with E-state index in [9.17, 15) is 9.59 Å². The molecule has 0 aliphatic rings. The number of hydrogen-bond acceptors (Lipinski definition) is 5. The van der Waals surface area contributed by atoms with Gasteiger partial charge in [0.1, 0.15) is 5.57 Å². The van der Waals surface area contributed by atoms with Crippen LogP contribution in [0.5, 0.6) is 0 Å². The number of ether oxygens (including phenoxy) is 2. The summed E-state index contributed by atoms with van der Waals surface area (Å²) in [5.74, 6) is -1.45. The molecule has 0 bridgehead atoms. The van der Waals surface area contributed by atoms with E-state index in [-0.39, 0.29) is 18.8 Å². The predicted octanol–water partition coefficient (Wildman–Crippen LogP) is 3.90. The minimum absolute atomic E-state index is 0.220. The highest BCUT2D eigenvalue weighted by Crippen LogP contribution is 2.33. The molecule has 2 N–H and O–H groups in total. The zero-order chi connectivity index (χ0) is 17.3. The molecule has 0 spiro atoms. The largest absolute Gasteiger partial charge is 0.462 e. The number of nitrogens with two attached hydrogens (primary N) is 1. The number of anilines is 1. The molecular formula is C14H16Cl3NO4. The molecule has 1 rings (SSSR count). The highest BCUT2D eigenvalue weighted by atomic mass is 35.5. The minimum Gasteiger partial charge on any atom is -0.462 e. The van der Waals surface area contributed by atoms with Crippen molar-refractivity contribution in [3.05, 3.63) is 39.4 Å². The second kappa shape index (κ2) is 10.3. The average molecular weight is 369 g/mol. The molecule has 0 radical (unpaired) electrons. The van der Waals surface area contributed by atoms with E-state index in [1.54, 1.807) is 26.0 Å². The standard InChI is InChI=1S/C8H12O4.C6H4Cl3N/c1-4-11-7(9)6(3)8(10)12-5-2;7-3-1-2-4(10)6(9)5(3)8/h3-5H2,1-2H3;1-2H,10H2. The van der Waals surface area contributed by atoms with E-state index in [2.05, 4.69) is 16.1 Å². The van der Waals surface area contributed by atoms with Gasteiger partial charge in [-0.1, -0.05) is 41.4 Å². The van der Waals surface area contributed by atoms with Crippen LogP contribution in [0.15, 0.2) is 24.3 Å². The van der Waals surface area contributed by atoms with Gasteiger partial charge in [0.15, 0.2) is 0 Å². The van der Waals surface area contributed by atoms with Crippen molar-refractivity contribution in [2.75, 3.05) is 18.9 Å². The first-order valence-electron chi connectivity index (χ1n) is 6.18. The van der Waals surface area contributed by atoms with Crippen LogP contribution in [0.2, 0.25) is 15.1 Å². The van der Waals surface area contributed by atoms with Crippen molar-refractivity contribution < 1.29 is 19.1 Å². The van der Waals surface area contributed by atoms with E-state index in [0.29, 0.717) is 20.8 Å². The van der Waals surface area contributed by atoms with Crippen molar-refractivity contribution >= 4 is 52.4 Å². The second-order valence-corrected chi connectivity index (χ2v) is 4.85. The van der Waals surface area contributed by atoms with Crippen molar-refractivity contribution in [3.8, 4) is 0 Å². The fraction of sp³-hybridized carbons (Fsp3) is 0.286.